The molecule has 0 fully saturated rings. The van der Waals surface area contributed by atoms with Crippen molar-refractivity contribution < 1.29 is 4.79 Å². The molecule has 1 aliphatic carbocycles. The molecule has 2 N–H and O–H groups in total. The fourth-order valence-electron chi connectivity index (χ4n) is 3.62. The van der Waals surface area contributed by atoms with Crippen LogP contribution in [-0.2, 0) is 0 Å². The van der Waals surface area contributed by atoms with Crippen molar-refractivity contribution in [2.24, 2.45) is 5.73 Å². The van der Waals surface area contributed by atoms with Gasteiger partial charge in [-0.2, -0.15) is 0 Å². The summed E-state index contributed by atoms with van der Waals surface area (Å²) in [5, 5.41) is 0. The number of hydrogen-bond donors (Lipinski definition) is 1. The van der Waals surface area contributed by atoms with Crippen molar-refractivity contribution in [3.63, 3.8) is 0 Å². The van der Waals surface area contributed by atoms with Crippen LogP contribution in [0.3, 0.4) is 0 Å². The maximum absolute atomic E-state index is 11.3. The van der Waals surface area contributed by atoms with Crippen molar-refractivity contribution in [1.29, 1.82) is 0 Å². The molecule has 1 atom stereocenters. The van der Waals surface area contributed by atoms with Crippen LogP contribution in [0, 0.1) is 0 Å². The number of rotatable bonds is 2. The second-order valence-electron chi connectivity index (χ2n) is 5.90. The highest BCUT2D eigenvalue weighted by Gasteiger charge is 2.35. The van der Waals surface area contributed by atoms with Gasteiger partial charge in [0.2, 0.25) is 5.91 Å². The third-order valence-electron chi connectivity index (χ3n) is 4.62. The highest BCUT2D eigenvalue weighted by Crippen LogP contribution is 2.47. The summed E-state index contributed by atoms with van der Waals surface area (Å²) in [6.45, 7) is 0. The second kappa shape index (κ2) is 5.02. The van der Waals surface area contributed by atoms with Crippen LogP contribution in [-0.4, -0.2) is 11.9 Å². The number of hydrogen-bond acceptors (Lipinski definition) is 2. The summed E-state index contributed by atoms with van der Waals surface area (Å²) in [7, 11) is 0. The Kier molecular flexibility index (Phi) is 3.00. The average Bonchev–Trinajstić information content (AvgIpc) is 2.89. The monoisotopic (exact) mass is 290 g/mol. The molecule has 110 valence electrons. The van der Waals surface area contributed by atoms with E-state index in [0.717, 1.165) is 18.5 Å². The fourth-order valence-corrected chi connectivity index (χ4v) is 3.62. The molecule has 2 aromatic carbocycles. The molecule has 0 saturated carbocycles. The van der Waals surface area contributed by atoms with Gasteiger partial charge in [-0.25, -0.2) is 0 Å². The van der Waals surface area contributed by atoms with E-state index in [0.29, 0.717) is 11.6 Å². The Bertz CT molecular complexity index is 761. The molecule has 0 saturated heterocycles. The van der Waals surface area contributed by atoms with Crippen LogP contribution in [0.1, 0.15) is 35.2 Å². The molecular weight excluding hydrogens is 272 g/mol. The Balaban J connectivity index is 1.82. The highest BCUT2D eigenvalue weighted by molar-refractivity contribution is 5.95. The quantitative estimate of drug-likeness (QED) is 0.912. The Morgan fingerprint density at radius 1 is 1.09 bits per heavy atom. The van der Waals surface area contributed by atoms with E-state index in [1.54, 1.807) is 0 Å². The van der Waals surface area contributed by atoms with Crippen LogP contribution < -0.4 is 10.6 Å². The molecule has 1 unspecified atom stereocenters. The van der Waals surface area contributed by atoms with Gasteiger partial charge in [-0.15, -0.1) is 0 Å². The van der Waals surface area contributed by atoms with Crippen LogP contribution in [0.15, 0.2) is 54.6 Å². The predicted molar refractivity (Wildman–Crippen MR) is 89.2 cm³/mol. The van der Waals surface area contributed by atoms with Crippen molar-refractivity contribution in [2.75, 3.05) is 4.90 Å². The third-order valence-corrected chi connectivity index (χ3v) is 4.62. The Labute approximate surface area is 130 Å². The van der Waals surface area contributed by atoms with E-state index in [-0.39, 0.29) is 5.91 Å². The molecule has 2 aliphatic rings. The Morgan fingerprint density at radius 3 is 2.64 bits per heavy atom. The van der Waals surface area contributed by atoms with Gasteiger partial charge in [0.1, 0.15) is 0 Å². The number of primary amides is 1. The first-order chi connectivity index (χ1) is 10.8. The molecule has 3 nitrogen and oxygen atoms in total. The van der Waals surface area contributed by atoms with Crippen LogP contribution >= 0.6 is 0 Å². The van der Waals surface area contributed by atoms with Crippen molar-refractivity contribution >= 4 is 22.9 Å². The van der Waals surface area contributed by atoms with Gasteiger partial charge in [0.05, 0.1) is 6.04 Å². The van der Waals surface area contributed by atoms with E-state index >= 15 is 0 Å². The Hall–Kier alpha value is -2.55. The number of allylic oxidation sites excluding steroid dienone is 1. The van der Waals surface area contributed by atoms with Gasteiger partial charge in [0.15, 0.2) is 0 Å². The number of amides is 1. The summed E-state index contributed by atoms with van der Waals surface area (Å²) < 4.78 is 0. The van der Waals surface area contributed by atoms with Crippen LogP contribution in [0.4, 0.5) is 11.4 Å². The zero-order chi connectivity index (χ0) is 15.1. The summed E-state index contributed by atoms with van der Waals surface area (Å²) in [6.07, 6.45) is 5.93. The van der Waals surface area contributed by atoms with Crippen molar-refractivity contribution in [3.8, 4) is 0 Å². The Morgan fingerprint density at radius 2 is 1.86 bits per heavy atom. The van der Waals surface area contributed by atoms with E-state index in [1.807, 2.05) is 24.3 Å². The normalized spacial score (nSPS) is 19.4. The lowest BCUT2D eigenvalue weighted by molar-refractivity contribution is 0.100. The molecule has 4 rings (SSSR count). The number of nitrogens with zero attached hydrogens (tertiary/aromatic N) is 1. The van der Waals surface area contributed by atoms with Gasteiger partial charge in [0, 0.05) is 22.5 Å². The minimum atomic E-state index is -0.383. The first kappa shape index (κ1) is 13.1. The van der Waals surface area contributed by atoms with E-state index in [2.05, 4.69) is 35.2 Å². The molecule has 22 heavy (non-hydrogen) atoms. The molecule has 0 radical (unpaired) electrons. The number of fused-ring (bicyclic) bond motifs is 3. The van der Waals surface area contributed by atoms with E-state index in [4.69, 9.17) is 5.73 Å². The third kappa shape index (κ3) is 1.93. The molecule has 1 heterocycles. The van der Waals surface area contributed by atoms with Crippen LogP contribution in [0.2, 0.25) is 0 Å². The van der Waals surface area contributed by atoms with E-state index < -0.39 is 0 Å². The van der Waals surface area contributed by atoms with E-state index in [9.17, 15) is 4.79 Å². The first-order valence-electron chi connectivity index (χ1n) is 7.74. The number of benzene rings is 2. The lowest BCUT2D eigenvalue weighted by atomic mass is 9.92. The first-order valence-corrected chi connectivity index (χ1v) is 7.74. The van der Waals surface area contributed by atoms with Gasteiger partial charge in [0.25, 0.3) is 0 Å². The number of nitrogens with two attached hydrogens (primary N) is 1. The summed E-state index contributed by atoms with van der Waals surface area (Å²) >= 11 is 0. The number of carbonyl (C=O) groups excluding carboxylic acids is 1. The van der Waals surface area contributed by atoms with Crippen molar-refractivity contribution in [2.45, 2.75) is 25.3 Å². The number of carbonyl (C=O) groups is 1. The number of para-hydroxylation sites is 1. The zero-order valence-electron chi connectivity index (χ0n) is 12.3. The van der Waals surface area contributed by atoms with Crippen LogP contribution in [0.25, 0.3) is 5.57 Å². The topological polar surface area (TPSA) is 46.3 Å². The molecule has 0 spiro atoms. The highest BCUT2D eigenvalue weighted by atomic mass is 16.1. The molecular formula is C19H18N2O. The van der Waals surface area contributed by atoms with Crippen molar-refractivity contribution in [1.82, 2.24) is 0 Å². The van der Waals surface area contributed by atoms with Crippen molar-refractivity contribution in [3.05, 3.63) is 65.7 Å². The second-order valence-corrected chi connectivity index (χ2v) is 5.90. The standard InChI is InChI=1S/C19H18N2O/c20-19(22)13-9-11-14(12-10-13)21-17-7-3-1-5-15(17)16-6-2-4-8-18(16)21/h1,3,5-7,9-12,18H,2,4,8H2,(H2,20,22). The minimum Gasteiger partial charge on any atom is -0.366 e. The smallest absolute Gasteiger partial charge is 0.248 e. The lowest BCUT2D eigenvalue weighted by Gasteiger charge is -2.30. The number of anilines is 2. The predicted octanol–water partition coefficient (Wildman–Crippen LogP) is 3.87. The van der Waals surface area contributed by atoms with Gasteiger partial charge < -0.3 is 10.6 Å². The average molecular weight is 290 g/mol. The van der Waals surface area contributed by atoms with Gasteiger partial charge in [-0.1, -0.05) is 24.3 Å². The summed E-state index contributed by atoms with van der Waals surface area (Å²) in [5.74, 6) is -0.383. The molecule has 3 heteroatoms. The molecule has 1 aliphatic heterocycles. The molecule has 2 aromatic rings. The van der Waals surface area contributed by atoms with Gasteiger partial charge in [-0.05, 0) is 55.2 Å². The van der Waals surface area contributed by atoms with Crippen LogP contribution in [0.5, 0.6) is 0 Å². The van der Waals surface area contributed by atoms with E-state index in [1.165, 1.54) is 23.2 Å². The molecule has 0 aromatic heterocycles. The lowest BCUT2D eigenvalue weighted by Crippen LogP contribution is -2.28. The summed E-state index contributed by atoms with van der Waals surface area (Å²) in [5.41, 5.74) is 11.0. The maximum Gasteiger partial charge on any atom is 0.248 e. The largest absolute Gasteiger partial charge is 0.366 e. The van der Waals surface area contributed by atoms with Gasteiger partial charge >= 0.3 is 0 Å². The van der Waals surface area contributed by atoms with Gasteiger partial charge in [-0.3, -0.25) is 4.79 Å². The fraction of sp³-hybridized carbons (Fsp3) is 0.211. The molecule has 0 bridgehead atoms. The maximum atomic E-state index is 11.3. The SMILES string of the molecule is NC(=O)c1ccc(N2c3ccccc3C3=CCCCC32)cc1. The minimum absolute atomic E-state index is 0.383. The zero-order valence-corrected chi connectivity index (χ0v) is 12.3. The molecule has 1 amide bonds. The summed E-state index contributed by atoms with van der Waals surface area (Å²) in [4.78, 5) is 13.7. The summed E-state index contributed by atoms with van der Waals surface area (Å²) in [6, 6.07) is 16.6.